The summed E-state index contributed by atoms with van der Waals surface area (Å²) in [4.78, 5) is 19.6. The number of pyridine rings is 1. The highest BCUT2D eigenvalue weighted by Gasteiger charge is 2.22. The Bertz CT molecular complexity index is 1290. The van der Waals surface area contributed by atoms with Crippen LogP contribution in [0.1, 0.15) is 32.7 Å². The van der Waals surface area contributed by atoms with E-state index in [0.717, 1.165) is 29.1 Å². The molecule has 2 aromatic carbocycles. The van der Waals surface area contributed by atoms with E-state index in [2.05, 4.69) is 18.0 Å². The lowest BCUT2D eigenvalue weighted by molar-refractivity contribution is 0.0734. The largest absolute Gasteiger partial charge is 0.497 e. The van der Waals surface area contributed by atoms with Crippen molar-refractivity contribution in [1.29, 1.82) is 0 Å². The standard InChI is InChI=1S/C26H25N3O3/c1-18-6-9-25-27-22(16-29(25)14-18)17-32-24-5-3-4-20(12-24)26(30)28-11-10-19-7-8-23(31-2)13-21(19)15-28/h3-9,12-14,16H,10-11,15,17H2,1-2H3. The van der Waals surface area contributed by atoms with Crippen molar-refractivity contribution in [2.24, 2.45) is 0 Å². The van der Waals surface area contributed by atoms with Gasteiger partial charge in [0.15, 0.2) is 0 Å². The number of fused-ring (bicyclic) bond motifs is 2. The lowest BCUT2D eigenvalue weighted by Crippen LogP contribution is -2.35. The van der Waals surface area contributed by atoms with Gasteiger partial charge in [0.05, 0.1) is 12.8 Å². The summed E-state index contributed by atoms with van der Waals surface area (Å²) in [7, 11) is 1.66. The molecule has 1 aliphatic rings. The van der Waals surface area contributed by atoms with E-state index in [-0.39, 0.29) is 5.91 Å². The summed E-state index contributed by atoms with van der Waals surface area (Å²) in [5.41, 5.74) is 5.94. The lowest BCUT2D eigenvalue weighted by Gasteiger charge is -2.29. The topological polar surface area (TPSA) is 56.1 Å². The number of ether oxygens (including phenoxy) is 2. The number of carbonyl (C=O) groups excluding carboxylic acids is 1. The van der Waals surface area contributed by atoms with E-state index >= 15 is 0 Å². The third-order valence-electron chi connectivity index (χ3n) is 5.83. The van der Waals surface area contributed by atoms with Crippen LogP contribution in [-0.2, 0) is 19.6 Å². The minimum Gasteiger partial charge on any atom is -0.497 e. The zero-order valence-corrected chi connectivity index (χ0v) is 18.2. The molecule has 0 unspecified atom stereocenters. The molecule has 0 N–H and O–H groups in total. The van der Waals surface area contributed by atoms with Gasteiger partial charge in [-0.3, -0.25) is 4.79 Å². The van der Waals surface area contributed by atoms with Crippen LogP contribution in [0.5, 0.6) is 11.5 Å². The molecule has 0 radical (unpaired) electrons. The van der Waals surface area contributed by atoms with Crippen molar-refractivity contribution in [1.82, 2.24) is 14.3 Å². The monoisotopic (exact) mass is 427 g/mol. The van der Waals surface area contributed by atoms with Gasteiger partial charge in [0.1, 0.15) is 23.8 Å². The zero-order valence-electron chi connectivity index (χ0n) is 18.2. The molecule has 4 aromatic rings. The van der Waals surface area contributed by atoms with Crippen molar-refractivity contribution in [3.63, 3.8) is 0 Å². The van der Waals surface area contributed by atoms with E-state index in [4.69, 9.17) is 9.47 Å². The maximum atomic E-state index is 13.2. The van der Waals surface area contributed by atoms with Gasteiger partial charge in [-0.15, -0.1) is 0 Å². The highest BCUT2D eigenvalue weighted by atomic mass is 16.5. The molecule has 0 spiro atoms. The molecule has 2 aromatic heterocycles. The highest BCUT2D eigenvalue weighted by Crippen LogP contribution is 2.25. The Balaban J connectivity index is 1.28. The summed E-state index contributed by atoms with van der Waals surface area (Å²) in [6.07, 6.45) is 4.85. The van der Waals surface area contributed by atoms with Crippen LogP contribution in [-0.4, -0.2) is 33.8 Å². The first kappa shape index (κ1) is 20.1. The second kappa shape index (κ2) is 8.38. The van der Waals surface area contributed by atoms with Crippen LogP contribution in [0.15, 0.2) is 67.0 Å². The first-order chi connectivity index (χ1) is 15.6. The predicted octanol–water partition coefficient (Wildman–Crippen LogP) is 4.43. The minimum atomic E-state index is 0.00660. The van der Waals surface area contributed by atoms with Gasteiger partial charge in [0, 0.05) is 31.0 Å². The van der Waals surface area contributed by atoms with Crippen molar-refractivity contribution >= 4 is 11.6 Å². The van der Waals surface area contributed by atoms with Crippen molar-refractivity contribution in [3.05, 3.63) is 94.9 Å². The molecule has 0 aliphatic carbocycles. The van der Waals surface area contributed by atoms with Gasteiger partial charge in [0.25, 0.3) is 5.91 Å². The number of hydrogen-bond donors (Lipinski definition) is 0. The Morgan fingerprint density at radius 3 is 2.81 bits per heavy atom. The third kappa shape index (κ3) is 4.04. The summed E-state index contributed by atoms with van der Waals surface area (Å²) in [6, 6.07) is 17.5. The smallest absolute Gasteiger partial charge is 0.254 e. The van der Waals surface area contributed by atoms with Crippen LogP contribution in [0.3, 0.4) is 0 Å². The fourth-order valence-electron chi connectivity index (χ4n) is 4.12. The molecule has 6 nitrogen and oxygen atoms in total. The molecule has 0 saturated heterocycles. The van der Waals surface area contributed by atoms with Crippen LogP contribution in [0.2, 0.25) is 0 Å². The molecule has 0 fully saturated rings. The molecule has 5 rings (SSSR count). The van der Waals surface area contributed by atoms with Gasteiger partial charge in [-0.25, -0.2) is 4.98 Å². The number of rotatable bonds is 5. The van der Waals surface area contributed by atoms with E-state index in [0.29, 0.717) is 31.0 Å². The quantitative estimate of drug-likeness (QED) is 0.473. The summed E-state index contributed by atoms with van der Waals surface area (Å²) in [5, 5.41) is 0. The van der Waals surface area contributed by atoms with Gasteiger partial charge in [-0.1, -0.05) is 18.2 Å². The van der Waals surface area contributed by atoms with Crippen LogP contribution in [0.25, 0.3) is 5.65 Å². The molecule has 1 aliphatic heterocycles. The molecular weight excluding hydrogens is 402 g/mol. The first-order valence-electron chi connectivity index (χ1n) is 10.7. The maximum Gasteiger partial charge on any atom is 0.254 e. The van der Waals surface area contributed by atoms with E-state index in [1.54, 1.807) is 7.11 Å². The zero-order chi connectivity index (χ0) is 22.1. The van der Waals surface area contributed by atoms with E-state index in [1.165, 1.54) is 11.1 Å². The second-order valence-corrected chi connectivity index (χ2v) is 8.13. The number of amides is 1. The number of aromatic nitrogens is 2. The number of aryl methyl sites for hydroxylation is 1. The highest BCUT2D eigenvalue weighted by molar-refractivity contribution is 5.94. The van der Waals surface area contributed by atoms with Crippen LogP contribution in [0.4, 0.5) is 0 Å². The Kier molecular flexibility index (Phi) is 5.27. The van der Waals surface area contributed by atoms with Gasteiger partial charge >= 0.3 is 0 Å². The first-order valence-corrected chi connectivity index (χ1v) is 10.7. The Morgan fingerprint density at radius 1 is 1.03 bits per heavy atom. The van der Waals surface area contributed by atoms with Crippen LogP contribution < -0.4 is 9.47 Å². The predicted molar refractivity (Wildman–Crippen MR) is 122 cm³/mol. The van der Waals surface area contributed by atoms with Gasteiger partial charge in [0.2, 0.25) is 0 Å². The molecule has 32 heavy (non-hydrogen) atoms. The molecule has 162 valence electrons. The Labute approximate surface area is 187 Å². The fraction of sp³-hybridized carbons (Fsp3) is 0.231. The molecule has 0 atom stereocenters. The molecule has 1 amide bonds. The normalized spacial score (nSPS) is 13.1. The summed E-state index contributed by atoms with van der Waals surface area (Å²) in [5.74, 6) is 1.48. The molecule has 3 heterocycles. The lowest BCUT2D eigenvalue weighted by atomic mass is 9.99. The Hall–Kier alpha value is -3.80. The van der Waals surface area contributed by atoms with E-state index in [9.17, 15) is 4.79 Å². The van der Waals surface area contributed by atoms with Crippen molar-refractivity contribution in [2.45, 2.75) is 26.5 Å². The Morgan fingerprint density at radius 2 is 1.94 bits per heavy atom. The SMILES string of the molecule is COc1ccc2c(c1)CN(C(=O)c1cccc(OCc3cn4cc(C)ccc4n3)c1)CC2. The van der Waals surface area contributed by atoms with Crippen molar-refractivity contribution in [3.8, 4) is 11.5 Å². The summed E-state index contributed by atoms with van der Waals surface area (Å²) < 4.78 is 13.3. The fourth-order valence-corrected chi connectivity index (χ4v) is 4.12. The molecule has 6 heteroatoms. The summed E-state index contributed by atoms with van der Waals surface area (Å²) in [6.45, 7) is 3.67. The maximum absolute atomic E-state index is 13.2. The minimum absolute atomic E-state index is 0.00660. The number of methoxy groups -OCH3 is 1. The van der Waals surface area contributed by atoms with Gasteiger partial charge in [-0.2, -0.15) is 0 Å². The van der Waals surface area contributed by atoms with Crippen molar-refractivity contribution < 1.29 is 14.3 Å². The van der Waals surface area contributed by atoms with Gasteiger partial charge < -0.3 is 18.8 Å². The molecule has 0 saturated carbocycles. The number of hydrogen-bond acceptors (Lipinski definition) is 4. The van der Waals surface area contributed by atoms with Crippen LogP contribution >= 0.6 is 0 Å². The third-order valence-corrected chi connectivity index (χ3v) is 5.83. The second-order valence-electron chi connectivity index (χ2n) is 8.13. The van der Waals surface area contributed by atoms with E-state index < -0.39 is 0 Å². The average molecular weight is 428 g/mol. The average Bonchev–Trinajstić information content (AvgIpc) is 3.23. The summed E-state index contributed by atoms with van der Waals surface area (Å²) >= 11 is 0. The van der Waals surface area contributed by atoms with Crippen LogP contribution in [0, 0.1) is 6.92 Å². The number of nitrogens with zero attached hydrogens (tertiary/aromatic N) is 3. The number of imidazole rings is 1. The molecular formula is C26H25N3O3. The number of carbonyl (C=O) groups is 1. The van der Waals surface area contributed by atoms with Crippen molar-refractivity contribution in [2.75, 3.05) is 13.7 Å². The number of benzene rings is 2. The van der Waals surface area contributed by atoms with Gasteiger partial charge in [-0.05, 0) is 66.4 Å². The molecule has 0 bridgehead atoms. The van der Waals surface area contributed by atoms with E-state index in [1.807, 2.05) is 70.2 Å².